The molecule has 0 unspecified atom stereocenters. The fourth-order valence-electron chi connectivity index (χ4n) is 1.44. The molecule has 3 nitrogen and oxygen atoms in total. The van der Waals surface area contributed by atoms with Crippen LogP contribution in [0.1, 0.15) is 26.7 Å². The Morgan fingerprint density at radius 2 is 1.94 bits per heavy atom. The van der Waals surface area contributed by atoms with E-state index in [1.807, 2.05) is 0 Å². The summed E-state index contributed by atoms with van der Waals surface area (Å²) in [7, 11) is 0. The molecule has 0 saturated heterocycles. The first-order valence-electron chi connectivity index (χ1n) is 5.35. The van der Waals surface area contributed by atoms with Gasteiger partial charge in [-0.15, -0.1) is 0 Å². The zero-order chi connectivity index (χ0) is 12.5. The highest BCUT2D eigenvalue weighted by molar-refractivity contribution is 5.82. The summed E-state index contributed by atoms with van der Waals surface area (Å²) >= 11 is 0. The average molecular weight is 238 g/mol. The van der Waals surface area contributed by atoms with Gasteiger partial charge >= 0.3 is 6.18 Å². The number of alkyl halides is 3. The van der Waals surface area contributed by atoms with Gasteiger partial charge in [0.05, 0.1) is 6.04 Å². The van der Waals surface area contributed by atoms with Crippen molar-refractivity contribution in [2.75, 3.05) is 6.54 Å². The smallest absolute Gasteiger partial charge is 0.329 e. The van der Waals surface area contributed by atoms with Crippen molar-refractivity contribution in [2.24, 2.45) is 11.7 Å². The molecule has 1 fully saturated rings. The van der Waals surface area contributed by atoms with Crippen LogP contribution in [0.15, 0.2) is 0 Å². The maximum atomic E-state index is 12.3. The molecular formula is C10H17F3N2O. The zero-order valence-corrected chi connectivity index (χ0v) is 9.42. The SMILES string of the molecule is CC(C)[C@@H](N)C(=O)N(CC(F)(F)F)C1CC1. The summed E-state index contributed by atoms with van der Waals surface area (Å²) in [5.41, 5.74) is 5.59. The Hall–Kier alpha value is -0.780. The fourth-order valence-corrected chi connectivity index (χ4v) is 1.44. The topological polar surface area (TPSA) is 46.3 Å². The van der Waals surface area contributed by atoms with E-state index >= 15 is 0 Å². The van der Waals surface area contributed by atoms with Crippen molar-refractivity contribution in [3.63, 3.8) is 0 Å². The minimum atomic E-state index is -4.35. The third kappa shape index (κ3) is 3.66. The lowest BCUT2D eigenvalue weighted by Crippen LogP contribution is -2.50. The van der Waals surface area contributed by atoms with Gasteiger partial charge in [-0.25, -0.2) is 0 Å². The first-order chi connectivity index (χ1) is 7.22. The Morgan fingerprint density at radius 3 is 2.25 bits per heavy atom. The number of carbonyl (C=O) groups excluding carboxylic acids is 1. The third-order valence-electron chi connectivity index (χ3n) is 2.62. The molecule has 0 radical (unpaired) electrons. The van der Waals surface area contributed by atoms with E-state index in [1.54, 1.807) is 13.8 Å². The molecule has 6 heteroatoms. The van der Waals surface area contributed by atoms with E-state index in [2.05, 4.69) is 0 Å². The van der Waals surface area contributed by atoms with Gasteiger partial charge in [-0.1, -0.05) is 13.8 Å². The molecule has 0 heterocycles. The molecule has 1 saturated carbocycles. The van der Waals surface area contributed by atoms with Gasteiger partial charge < -0.3 is 10.6 Å². The highest BCUT2D eigenvalue weighted by atomic mass is 19.4. The molecule has 0 spiro atoms. The Bertz CT molecular complexity index is 261. The standard InChI is InChI=1S/C10H17F3N2O/c1-6(2)8(14)9(16)15(7-3-4-7)5-10(11,12)13/h6-8H,3-5,14H2,1-2H3/t8-/m1/s1. The molecule has 0 bridgehead atoms. The first kappa shape index (κ1) is 13.3. The molecule has 1 aliphatic carbocycles. The number of hydrogen-bond acceptors (Lipinski definition) is 2. The van der Waals surface area contributed by atoms with Gasteiger partial charge in [0.1, 0.15) is 6.54 Å². The Labute approximate surface area is 92.8 Å². The molecule has 1 amide bonds. The lowest BCUT2D eigenvalue weighted by Gasteiger charge is -2.28. The van der Waals surface area contributed by atoms with E-state index < -0.39 is 24.7 Å². The van der Waals surface area contributed by atoms with E-state index in [0.29, 0.717) is 12.8 Å². The quantitative estimate of drug-likeness (QED) is 0.807. The molecule has 94 valence electrons. The summed E-state index contributed by atoms with van der Waals surface area (Å²) < 4.78 is 36.9. The molecule has 0 aromatic rings. The van der Waals surface area contributed by atoms with E-state index in [1.165, 1.54) is 0 Å². The van der Waals surface area contributed by atoms with Gasteiger partial charge in [0.15, 0.2) is 0 Å². The Balaban J connectivity index is 2.66. The van der Waals surface area contributed by atoms with Gasteiger partial charge in [-0.05, 0) is 18.8 Å². The van der Waals surface area contributed by atoms with Crippen molar-refractivity contribution >= 4 is 5.91 Å². The van der Waals surface area contributed by atoms with Gasteiger partial charge in [0, 0.05) is 6.04 Å². The molecule has 1 rings (SSSR count). The molecule has 1 aliphatic rings. The average Bonchev–Trinajstić information content (AvgIpc) is 2.93. The maximum Gasteiger partial charge on any atom is 0.406 e. The van der Waals surface area contributed by atoms with Crippen LogP contribution >= 0.6 is 0 Å². The van der Waals surface area contributed by atoms with Gasteiger partial charge in [-0.2, -0.15) is 13.2 Å². The maximum absolute atomic E-state index is 12.3. The number of amides is 1. The zero-order valence-electron chi connectivity index (χ0n) is 9.42. The number of halogens is 3. The Morgan fingerprint density at radius 1 is 1.44 bits per heavy atom. The minimum Gasteiger partial charge on any atom is -0.329 e. The van der Waals surface area contributed by atoms with Crippen molar-refractivity contribution < 1.29 is 18.0 Å². The van der Waals surface area contributed by atoms with Crippen molar-refractivity contribution in [3.05, 3.63) is 0 Å². The van der Waals surface area contributed by atoms with Crippen molar-refractivity contribution in [1.82, 2.24) is 4.90 Å². The molecular weight excluding hydrogens is 221 g/mol. The lowest BCUT2D eigenvalue weighted by atomic mass is 10.0. The molecule has 0 aromatic carbocycles. The van der Waals surface area contributed by atoms with Crippen LogP contribution in [0.5, 0.6) is 0 Å². The largest absolute Gasteiger partial charge is 0.406 e. The van der Waals surface area contributed by atoms with Crippen LogP contribution in [0, 0.1) is 5.92 Å². The van der Waals surface area contributed by atoms with Gasteiger partial charge in [0.2, 0.25) is 5.91 Å². The number of carbonyl (C=O) groups is 1. The van der Waals surface area contributed by atoms with Crippen molar-refractivity contribution in [1.29, 1.82) is 0 Å². The van der Waals surface area contributed by atoms with Gasteiger partial charge in [0.25, 0.3) is 0 Å². The second-order valence-electron chi connectivity index (χ2n) is 4.58. The molecule has 16 heavy (non-hydrogen) atoms. The summed E-state index contributed by atoms with van der Waals surface area (Å²) in [5, 5.41) is 0. The molecule has 0 aliphatic heterocycles. The predicted octanol–water partition coefficient (Wildman–Crippen LogP) is 1.52. The normalized spacial score (nSPS) is 18.7. The lowest BCUT2D eigenvalue weighted by molar-refractivity contribution is -0.163. The van der Waals surface area contributed by atoms with E-state index in [4.69, 9.17) is 5.73 Å². The fraction of sp³-hybridized carbons (Fsp3) is 0.900. The second kappa shape index (κ2) is 4.61. The van der Waals surface area contributed by atoms with Crippen LogP contribution in [-0.2, 0) is 4.79 Å². The predicted molar refractivity (Wildman–Crippen MR) is 53.6 cm³/mol. The van der Waals surface area contributed by atoms with Crippen LogP contribution < -0.4 is 5.73 Å². The van der Waals surface area contributed by atoms with Gasteiger partial charge in [-0.3, -0.25) is 4.79 Å². The third-order valence-corrected chi connectivity index (χ3v) is 2.62. The molecule has 2 N–H and O–H groups in total. The second-order valence-corrected chi connectivity index (χ2v) is 4.58. The molecule has 1 atom stereocenters. The van der Waals surface area contributed by atoms with E-state index in [9.17, 15) is 18.0 Å². The highest BCUT2D eigenvalue weighted by Crippen LogP contribution is 2.30. The summed E-state index contributed by atoms with van der Waals surface area (Å²) in [4.78, 5) is 12.6. The van der Waals surface area contributed by atoms with E-state index in [-0.39, 0.29) is 12.0 Å². The Kier molecular flexibility index (Phi) is 3.83. The monoisotopic (exact) mass is 238 g/mol. The number of hydrogen-bond donors (Lipinski definition) is 1. The van der Waals surface area contributed by atoms with Crippen molar-refractivity contribution in [2.45, 2.75) is 44.9 Å². The number of nitrogens with two attached hydrogens (primary N) is 1. The molecule has 0 aromatic heterocycles. The minimum absolute atomic E-state index is 0.151. The van der Waals surface area contributed by atoms with Crippen molar-refractivity contribution in [3.8, 4) is 0 Å². The van der Waals surface area contributed by atoms with Crippen LogP contribution in [0.2, 0.25) is 0 Å². The van der Waals surface area contributed by atoms with Crippen LogP contribution in [0.25, 0.3) is 0 Å². The van der Waals surface area contributed by atoms with E-state index in [0.717, 1.165) is 4.90 Å². The summed E-state index contributed by atoms with van der Waals surface area (Å²) in [6.45, 7) is 2.26. The van der Waals surface area contributed by atoms with Crippen LogP contribution in [0.4, 0.5) is 13.2 Å². The number of rotatable bonds is 4. The number of nitrogens with zero attached hydrogens (tertiary/aromatic N) is 1. The van der Waals surface area contributed by atoms with Crippen LogP contribution in [-0.4, -0.2) is 35.6 Å². The summed E-state index contributed by atoms with van der Waals surface area (Å²) in [5.74, 6) is -0.739. The first-order valence-corrected chi connectivity index (χ1v) is 5.35. The van der Waals surface area contributed by atoms with Crippen LogP contribution in [0.3, 0.4) is 0 Å². The highest BCUT2D eigenvalue weighted by Gasteiger charge is 2.42. The summed E-state index contributed by atoms with van der Waals surface area (Å²) in [6, 6.07) is -1.11. The summed E-state index contributed by atoms with van der Waals surface area (Å²) in [6.07, 6.45) is -3.06.